The Kier molecular flexibility index (Phi) is 4.79. The molecule has 1 N–H and O–H groups in total. The van der Waals surface area contributed by atoms with E-state index in [0.29, 0.717) is 0 Å². The highest BCUT2D eigenvalue weighted by Crippen LogP contribution is 2.25. The van der Waals surface area contributed by atoms with E-state index in [-0.39, 0.29) is 0 Å². The van der Waals surface area contributed by atoms with Crippen molar-refractivity contribution in [1.82, 2.24) is 10.2 Å². The van der Waals surface area contributed by atoms with Crippen LogP contribution in [0.3, 0.4) is 0 Å². The summed E-state index contributed by atoms with van der Waals surface area (Å²) < 4.78 is 0. The van der Waals surface area contributed by atoms with Crippen LogP contribution in [-0.4, -0.2) is 25.0 Å². The van der Waals surface area contributed by atoms with Crippen LogP contribution in [0.25, 0.3) is 0 Å². The zero-order chi connectivity index (χ0) is 13.0. The van der Waals surface area contributed by atoms with Crippen LogP contribution in [-0.2, 0) is 13.1 Å². The van der Waals surface area contributed by atoms with E-state index in [4.69, 9.17) is 0 Å². The quantitative estimate of drug-likeness (QED) is 0.859. The number of likely N-dealkylation sites (tertiary alicyclic amines) is 1. The Labute approximate surface area is 111 Å². The molecule has 100 valence electrons. The molecule has 0 aromatic heterocycles. The van der Waals surface area contributed by atoms with E-state index in [0.717, 1.165) is 24.9 Å². The van der Waals surface area contributed by atoms with Crippen molar-refractivity contribution < 1.29 is 0 Å². The Bertz CT molecular complexity index is 373. The molecule has 1 atom stereocenters. The lowest BCUT2D eigenvalue weighted by Gasteiger charge is -2.19. The van der Waals surface area contributed by atoms with Crippen LogP contribution in [0.4, 0.5) is 0 Å². The van der Waals surface area contributed by atoms with Crippen molar-refractivity contribution in [2.45, 2.75) is 33.4 Å². The highest BCUT2D eigenvalue weighted by Gasteiger charge is 2.24. The summed E-state index contributed by atoms with van der Waals surface area (Å²) in [6.45, 7) is 9.31. The van der Waals surface area contributed by atoms with Crippen molar-refractivity contribution in [1.29, 1.82) is 0 Å². The molecule has 0 radical (unpaired) electrons. The molecule has 1 aliphatic rings. The highest BCUT2D eigenvalue weighted by atomic mass is 15.1. The minimum atomic E-state index is 0.822. The smallest absolute Gasteiger partial charge is 0.0237 e. The standard InChI is InChI=1S/C16H26N2/c1-13(2)15-8-9-18(11-15)12-16-7-5-4-6-14(16)10-17-3/h4-7,13,15,17H,8-12H2,1-3H3. The summed E-state index contributed by atoms with van der Waals surface area (Å²) in [6, 6.07) is 8.80. The number of nitrogens with zero attached hydrogens (tertiary/aromatic N) is 1. The van der Waals surface area contributed by atoms with Gasteiger partial charge in [-0.2, -0.15) is 0 Å². The van der Waals surface area contributed by atoms with Gasteiger partial charge in [-0.1, -0.05) is 38.1 Å². The van der Waals surface area contributed by atoms with E-state index in [2.05, 4.69) is 48.3 Å². The summed E-state index contributed by atoms with van der Waals surface area (Å²) in [7, 11) is 2.02. The van der Waals surface area contributed by atoms with Crippen molar-refractivity contribution in [3.63, 3.8) is 0 Å². The molecule has 2 rings (SSSR count). The maximum absolute atomic E-state index is 3.26. The van der Waals surface area contributed by atoms with Crippen LogP contribution >= 0.6 is 0 Å². The monoisotopic (exact) mass is 246 g/mol. The van der Waals surface area contributed by atoms with Crippen molar-refractivity contribution in [3.05, 3.63) is 35.4 Å². The van der Waals surface area contributed by atoms with E-state index in [9.17, 15) is 0 Å². The van der Waals surface area contributed by atoms with Gasteiger partial charge in [0.1, 0.15) is 0 Å². The van der Waals surface area contributed by atoms with Crippen molar-refractivity contribution in [2.24, 2.45) is 11.8 Å². The second-order valence-electron chi connectivity index (χ2n) is 5.83. The molecule has 1 aliphatic heterocycles. The summed E-state index contributed by atoms with van der Waals surface area (Å²) in [6.07, 6.45) is 1.37. The Morgan fingerprint density at radius 1 is 1.28 bits per heavy atom. The van der Waals surface area contributed by atoms with Gasteiger partial charge in [0.15, 0.2) is 0 Å². The van der Waals surface area contributed by atoms with E-state index < -0.39 is 0 Å². The molecular formula is C16H26N2. The van der Waals surface area contributed by atoms with E-state index in [1.807, 2.05) is 7.05 Å². The lowest BCUT2D eigenvalue weighted by Crippen LogP contribution is -2.22. The van der Waals surface area contributed by atoms with Gasteiger partial charge in [0.2, 0.25) is 0 Å². The second-order valence-corrected chi connectivity index (χ2v) is 5.83. The van der Waals surface area contributed by atoms with E-state index >= 15 is 0 Å². The number of hydrogen-bond acceptors (Lipinski definition) is 2. The summed E-state index contributed by atoms with van der Waals surface area (Å²) in [5.41, 5.74) is 2.92. The van der Waals surface area contributed by atoms with Gasteiger partial charge in [0, 0.05) is 19.6 Å². The molecule has 1 heterocycles. The second kappa shape index (κ2) is 6.35. The van der Waals surface area contributed by atoms with E-state index in [1.165, 1.54) is 30.6 Å². The molecule has 0 saturated carbocycles. The van der Waals surface area contributed by atoms with Crippen molar-refractivity contribution in [2.75, 3.05) is 20.1 Å². The maximum Gasteiger partial charge on any atom is 0.0237 e. The van der Waals surface area contributed by atoms with Crippen molar-refractivity contribution in [3.8, 4) is 0 Å². The molecule has 0 amide bonds. The average Bonchev–Trinajstić information content (AvgIpc) is 2.81. The number of rotatable bonds is 5. The SMILES string of the molecule is CNCc1ccccc1CN1CCC(C(C)C)C1. The van der Waals surface area contributed by atoms with Gasteiger partial charge in [-0.25, -0.2) is 0 Å². The van der Waals surface area contributed by atoms with Gasteiger partial charge >= 0.3 is 0 Å². The summed E-state index contributed by atoms with van der Waals surface area (Å²) in [4.78, 5) is 2.61. The van der Waals surface area contributed by atoms with Crippen LogP contribution in [0.15, 0.2) is 24.3 Å². The van der Waals surface area contributed by atoms with Gasteiger partial charge in [0.05, 0.1) is 0 Å². The zero-order valence-electron chi connectivity index (χ0n) is 11.9. The third-order valence-corrected chi connectivity index (χ3v) is 4.13. The van der Waals surface area contributed by atoms with Crippen LogP contribution in [0, 0.1) is 11.8 Å². The normalized spacial score (nSPS) is 20.8. The fourth-order valence-electron chi connectivity index (χ4n) is 2.87. The molecule has 1 aromatic rings. The predicted octanol–water partition coefficient (Wildman–Crippen LogP) is 2.88. The highest BCUT2D eigenvalue weighted by molar-refractivity contribution is 5.27. The third kappa shape index (κ3) is 3.33. The first-order valence-corrected chi connectivity index (χ1v) is 7.14. The Morgan fingerprint density at radius 2 is 2.00 bits per heavy atom. The zero-order valence-corrected chi connectivity index (χ0v) is 11.9. The van der Waals surface area contributed by atoms with Crippen LogP contribution < -0.4 is 5.32 Å². The molecule has 0 bridgehead atoms. The average molecular weight is 246 g/mol. The predicted molar refractivity (Wildman–Crippen MR) is 77.4 cm³/mol. The summed E-state index contributed by atoms with van der Waals surface area (Å²) in [5.74, 6) is 1.71. The largest absolute Gasteiger partial charge is 0.316 e. The van der Waals surface area contributed by atoms with Gasteiger partial charge in [-0.3, -0.25) is 4.90 Å². The molecule has 0 spiro atoms. The van der Waals surface area contributed by atoms with Gasteiger partial charge in [-0.15, -0.1) is 0 Å². The maximum atomic E-state index is 3.26. The fraction of sp³-hybridized carbons (Fsp3) is 0.625. The minimum Gasteiger partial charge on any atom is -0.316 e. The molecule has 2 heteroatoms. The Morgan fingerprint density at radius 3 is 2.61 bits per heavy atom. The molecule has 1 aromatic carbocycles. The minimum absolute atomic E-state index is 0.822. The van der Waals surface area contributed by atoms with Crippen molar-refractivity contribution >= 4 is 0 Å². The molecule has 1 fully saturated rings. The topological polar surface area (TPSA) is 15.3 Å². The lowest BCUT2D eigenvalue weighted by atomic mass is 9.95. The number of nitrogens with one attached hydrogen (secondary N) is 1. The first kappa shape index (κ1) is 13.6. The summed E-state index contributed by atoms with van der Waals surface area (Å²) >= 11 is 0. The molecule has 1 saturated heterocycles. The molecular weight excluding hydrogens is 220 g/mol. The van der Waals surface area contributed by atoms with Gasteiger partial charge < -0.3 is 5.32 Å². The number of hydrogen-bond donors (Lipinski definition) is 1. The molecule has 1 unspecified atom stereocenters. The molecule has 18 heavy (non-hydrogen) atoms. The van der Waals surface area contributed by atoms with Crippen LogP contribution in [0.1, 0.15) is 31.4 Å². The third-order valence-electron chi connectivity index (χ3n) is 4.13. The fourth-order valence-corrected chi connectivity index (χ4v) is 2.87. The van der Waals surface area contributed by atoms with Gasteiger partial charge in [0.25, 0.3) is 0 Å². The molecule has 0 aliphatic carbocycles. The van der Waals surface area contributed by atoms with Gasteiger partial charge in [-0.05, 0) is 43.0 Å². The Balaban J connectivity index is 1.98. The van der Waals surface area contributed by atoms with Crippen LogP contribution in [0.2, 0.25) is 0 Å². The van der Waals surface area contributed by atoms with E-state index in [1.54, 1.807) is 0 Å². The number of benzene rings is 1. The first-order chi connectivity index (χ1) is 8.70. The summed E-state index contributed by atoms with van der Waals surface area (Å²) in [5, 5.41) is 3.26. The van der Waals surface area contributed by atoms with Crippen LogP contribution in [0.5, 0.6) is 0 Å². The first-order valence-electron chi connectivity index (χ1n) is 7.14. The Hall–Kier alpha value is -0.860. The molecule has 2 nitrogen and oxygen atoms in total. The lowest BCUT2D eigenvalue weighted by molar-refractivity contribution is 0.296.